The molecule has 2 rings (SSSR count). The molecule has 0 amide bonds. The molecule has 0 aliphatic rings. The van der Waals surface area contributed by atoms with Gasteiger partial charge in [0.2, 0.25) is 11.8 Å². The van der Waals surface area contributed by atoms with Crippen LogP contribution in [0.25, 0.3) is 0 Å². The Kier molecular flexibility index (Phi) is 3.66. The van der Waals surface area contributed by atoms with Crippen molar-refractivity contribution in [2.24, 2.45) is 5.73 Å². The number of nitrogens with two attached hydrogens (primary N) is 1. The molecule has 96 valence electrons. The van der Waals surface area contributed by atoms with Crippen molar-refractivity contribution in [2.75, 3.05) is 0 Å². The standard InChI is InChI=1S/C12H13F2N3O/c1-2-10(15)12-17-16-11(18-12)6-7-3-4-8(13)9(14)5-7/h3-5,10H,2,6,15H2,1H3. The number of nitrogens with zero attached hydrogens (tertiary/aromatic N) is 2. The third kappa shape index (κ3) is 2.70. The lowest BCUT2D eigenvalue weighted by atomic mass is 10.1. The Morgan fingerprint density at radius 1 is 1.28 bits per heavy atom. The fourth-order valence-electron chi connectivity index (χ4n) is 1.49. The summed E-state index contributed by atoms with van der Waals surface area (Å²) >= 11 is 0. The third-order valence-corrected chi connectivity index (χ3v) is 2.58. The van der Waals surface area contributed by atoms with Gasteiger partial charge in [0.15, 0.2) is 11.6 Å². The number of halogens is 2. The highest BCUT2D eigenvalue weighted by molar-refractivity contribution is 5.20. The van der Waals surface area contributed by atoms with Crippen LogP contribution >= 0.6 is 0 Å². The monoisotopic (exact) mass is 253 g/mol. The SMILES string of the molecule is CCC(N)c1nnc(Cc2ccc(F)c(F)c2)o1. The average molecular weight is 253 g/mol. The van der Waals surface area contributed by atoms with E-state index < -0.39 is 11.6 Å². The maximum absolute atomic E-state index is 13.0. The van der Waals surface area contributed by atoms with E-state index in [0.717, 1.165) is 12.1 Å². The van der Waals surface area contributed by atoms with Crippen molar-refractivity contribution < 1.29 is 13.2 Å². The van der Waals surface area contributed by atoms with Gasteiger partial charge in [-0.25, -0.2) is 8.78 Å². The molecule has 1 unspecified atom stereocenters. The fraction of sp³-hybridized carbons (Fsp3) is 0.333. The molecule has 2 N–H and O–H groups in total. The fourth-order valence-corrected chi connectivity index (χ4v) is 1.49. The molecule has 0 spiro atoms. The number of hydrogen-bond donors (Lipinski definition) is 1. The first kappa shape index (κ1) is 12.6. The maximum atomic E-state index is 13.0. The van der Waals surface area contributed by atoms with E-state index in [1.807, 2.05) is 6.92 Å². The molecule has 1 aromatic heterocycles. The van der Waals surface area contributed by atoms with Gasteiger partial charge in [0, 0.05) is 0 Å². The van der Waals surface area contributed by atoms with Crippen LogP contribution in [0.1, 0.15) is 36.7 Å². The van der Waals surface area contributed by atoms with Gasteiger partial charge in [0.25, 0.3) is 0 Å². The van der Waals surface area contributed by atoms with E-state index in [9.17, 15) is 8.78 Å². The van der Waals surface area contributed by atoms with E-state index in [4.69, 9.17) is 10.2 Å². The summed E-state index contributed by atoms with van der Waals surface area (Å²) in [5.41, 5.74) is 6.30. The summed E-state index contributed by atoms with van der Waals surface area (Å²) in [6.45, 7) is 1.91. The lowest BCUT2D eigenvalue weighted by Gasteiger charge is -2.01. The first-order valence-corrected chi connectivity index (χ1v) is 5.62. The largest absolute Gasteiger partial charge is 0.423 e. The third-order valence-electron chi connectivity index (χ3n) is 2.58. The van der Waals surface area contributed by atoms with Gasteiger partial charge in [0.1, 0.15) is 0 Å². The topological polar surface area (TPSA) is 64.9 Å². The van der Waals surface area contributed by atoms with Gasteiger partial charge in [-0.05, 0) is 24.1 Å². The van der Waals surface area contributed by atoms with Crippen molar-refractivity contribution in [2.45, 2.75) is 25.8 Å². The number of rotatable bonds is 4. The minimum absolute atomic E-state index is 0.251. The van der Waals surface area contributed by atoms with Crippen LogP contribution in [0.4, 0.5) is 8.78 Å². The molecule has 0 aliphatic heterocycles. The van der Waals surface area contributed by atoms with Crippen LogP contribution in [0.2, 0.25) is 0 Å². The van der Waals surface area contributed by atoms with Crippen molar-refractivity contribution in [3.8, 4) is 0 Å². The van der Waals surface area contributed by atoms with E-state index in [1.54, 1.807) is 0 Å². The molecule has 0 saturated carbocycles. The Morgan fingerprint density at radius 3 is 2.72 bits per heavy atom. The quantitative estimate of drug-likeness (QED) is 0.908. The minimum atomic E-state index is -0.891. The Bertz CT molecular complexity index is 542. The zero-order valence-corrected chi connectivity index (χ0v) is 9.86. The van der Waals surface area contributed by atoms with Gasteiger partial charge in [0.05, 0.1) is 12.5 Å². The molecule has 1 heterocycles. The Labute approximate surface area is 103 Å². The summed E-state index contributed by atoms with van der Waals surface area (Å²) in [4.78, 5) is 0. The van der Waals surface area contributed by atoms with Gasteiger partial charge >= 0.3 is 0 Å². The lowest BCUT2D eigenvalue weighted by molar-refractivity contribution is 0.418. The van der Waals surface area contributed by atoms with Gasteiger partial charge in [-0.15, -0.1) is 10.2 Å². The van der Waals surface area contributed by atoms with E-state index >= 15 is 0 Å². The molecule has 0 aliphatic carbocycles. The highest BCUT2D eigenvalue weighted by Gasteiger charge is 2.13. The second-order valence-electron chi connectivity index (χ2n) is 3.97. The zero-order chi connectivity index (χ0) is 13.1. The van der Waals surface area contributed by atoms with E-state index in [-0.39, 0.29) is 12.5 Å². The Morgan fingerprint density at radius 2 is 2.06 bits per heavy atom. The molecule has 1 atom stereocenters. The smallest absolute Gasteiger partial charge is 0.233 e. The normalized spacial score (nSPS) is 12.7. The van der Waals surface area contributed by atoms with Gasteiger partial charge in [-0.1, -0.05) is 13.0 Å². The number of benzene rings is 1. The Balaban J connectivity index is 2.13. The van der Waals surface area contributed by atoms with Crippen LogP contribution in [0.5, 0.6) is 0 Å². The van der Waals surface area contributed by atoms with Crippen molar-refractivity contribution in [3.63, 3.8) is 0 Å². The maximum Gasteiger partial charge on any atom is 0.233 e. The molecule has 6 heteroatoms. The highest BCUT2D eigenvalue weighted by Crippen LogP contribution is 2.16. The number of hydrogen-bond acceptors (Lipinski definition) is 4. The molecular formula is C12H13F2N3O. The summed E-state index contributed by atoms with van der Waals surface area (Å²) in [6.07, 6.45) is 0.938. The van der Waals surface area contributed by atoms with Crippen LogP contribution in [-0.2, 0) is 6.42 Å². The summed E-state index contributed by atoms with van der Waals surface area (Å²) in [5, 5.41) is 7.63. The molecule has 0 bridgehead atoms. The van der Waals surface area contributed by atoms with E-state index in [0.29, 0.717) is 23.8 Å². The lowest BCUT2D eigenvalue weighted by Crippen LogP contribution is -2.08. The van der Waals surface area contributed by atoms with E-state index in [1.165, 1.54) is 6.07 Å². The molecule has 4 nitrogen and oxygen atoms in total. The summed E-state index contributed by atoms with van der Waals surface area (Å²) < 4.78 is 31.1. The molecule has 18 heavy (non-hydrogen) atoms. The second-order valence-corrected chi connectivity index (χ2v) is 3.97. The summed E-state index contributed by atoms with van der Waals surface area (Å²) in [6, 6.07) is 3.36. The molecule has 1 aromatic carbocycles. The molecule has 2 aromatic rings. The summed E-state index contributed by atoms with van der Waals surface area (Å²) in [5.74, 6) is -1.08. The second kappa shape index (κ2) is 5.22. The van der Waals surface area contributed by atoms with Gasteiger partial charge in [-0.3, -0.25) is 0 Å². The molecule has 0 fully saturated rings. The first-order chi connectivity index (χ1) is 8.60. The van der Waals surface area contributed by atoms with Gasteiger partial charge < -0.3 is 10.2 Å². The van der Waals surface area contributed by atoms with Gasteiger partial charge in [-0.2, -0.15) is 0 Å². The zero-order valence-electron chi connectivity index (χ0n) is 9.86. The minimum Gasteiger partial charge on any atom is -0.423 e. The van der Waals surface area contributed by atoms with Crippen molar-refractivity contribution >= 4 is 0 Å². The van der Waals surface area contributed by atoms with Crippen LogP contribution < -0.4 is 5.73 Å². The van der Waals surface area contributed by atoms with Crippen LogP contribution in [-0.4, -0.2) is 10.2 Å². The molecular weight excluding hydrogens is 240 g/mol. The Hall–Kier alpha value is -1.82. The number of aromatic nitrogens is 2. The molecule has 0 radical (unpaired) electrons. The molecule has 0 saturated heterocycles. The summed E-state index contributed by atoms with van der Waals surface area (Å²) in [7, 11) is 0. The predicted molar refractivity (Wildman–Crippen MR) is 60.7 cm³/mol. The van der Waals surface area contributed by atoms with Crippen LogP contribution in [0.3, 0.4) is 0 Å². The van der Waals surface area contributed by atoms with Crippen molar-refractivity contribution in [1.82, 2.24) is 10.2 Å². The first-order valence-electron chi connectivity index (χ1n) is 5.62. The average Bonchev–Trinajstić information content (AvgIpc) is 2.81. The van der Waals surface area contributed by atoms with Crippen molar-refractivity contribution in [1.29, 1.82) is 0 Å². The van der Waals surface area contributed by atoms with Crippen molar-refractivity contribution in [3.05, 3.63) is 47.2 Å². The predicted octanol–water partition coefficient (Wildman–Crippen LogP) is 2.35. The van der Waals surface area contributed by atoms with Crippen LogP contribution in [0.15, 0.2) is 22.6 Å². The van der Waals surface area contributed by atoms with Crippen LogP contribution in [0, 0.1) is 11.6 Å². The van der Waals surface area contributed by atoms with E-state index in [2.05, 4.69) is 10.2 Å². The highest BCUT2D eigenvalue weighted by atomic mass is 19.2.